The van der Waals surface area contributed by atoms with Crippen molar-refractivity contribution in [3.8, 4) is 17.3 Å². The molecule has 0 radical (unpaired) electrons. The SMILES string of the molecule is COc1cc(C(=O)N2CC3CCC2[C@@H]3NC(=O)OC(C)(C)C)cc2nc(-c3cc4ccccc4n3CC3CC3)n(C[C@H]3CCNC3)c12. The van der Waals surface area contributed by atoms with E-state index in [1.807, 2.05) is 37.8 Å². The van der Waals surface area contributed by atoms with Gasteiger partial charge in [-0.05, 0) is 108 Å². The first kappa shape index (κ1) is 30.3. The lowest BCUT2D eigenvalue weighted by Crippen LogP contribution is -2.46. The molecular formula is C37H46N6O4. The number of amides is 2. The quantitative estimate of drug-likeness (QED) is 0.253. The minimum Gasteiger partial charge on any atom is -0.494 e. The molecule has 2 aromatic heterocycles. The third-order valence-electron chi connectivity index (χ3n) is 10.6. The predicted molar refractivity (Wildman–Crippen MR) is 182 cm³/mol. The number of hydrogen-bond acceptors (Lipinski definition) is 6. The van der Waals surface area contributed by atoms with E-state index < -0.39 is 11.7 Å². The summed E-state index contributed by atoms with van der Waals surface area (Å²) in [6, 6.07) is 14.5. The van der Waals surface area contributed by atoms with Gasteiger partial charge in [0, 0.05) is 36.1 Å². The van der Waals surface area contributed by atoms with Crippen molar-refractivity contribution in [2.45, 2.75) is 83.6 Å². The highest BCUT2D eigenvalue weighted by Crippen LogP contribution is 2.41. The van der Waals surface area contributed by atoms with Gasteiger partial charge in [0.25, 0.3) is 5.91 Å². The van der Waals surface area contributed by atoms with Gasteiger partial charge in [-0.3, -0.25) is 4.79 Å². The van der Waals surface area contributed by atoms with Crippen LogP contribution in [0.25, 0.3) is 33.5 Å². The van der Waals surface area contributed by atoms with Crippen molar-refractivity contribution in [1.29, 1.82) is 0 Å². The standard InChI is InChI=1S/C37H46N6O4/c1-37(2,3)47-36(45)40-32-25-11-12-29(32)42(21-25)35(44)26-15-27-33(31(17-26)46-4)43(20-23-13-14-38-18-23)34(39-27)30-16-24-7-5-6-8-28(24)41(30)19-22-9-10-22/h5-8,15-17,22-23,25,29,32,38H,9-14,18-21H2,1-4H3,(H,40,45)/t23-,25?,29?,32+/m0/s1. The first-order chi connectivity index (χ1) is 22.7. The number of rotatable bonds is 8. The number of hydrogen-bond donors (Lipinski definition) is 2. The van der Waals surface area contributed by atoms with Crippen LogP contribution in [0.1, 0.15) is 63.2 Å². The Hall–Kier alpha value is -4.05. The van der Waals surface area contributed by atoms with Crippen LogP contribution in [-0.2, 0) is 17.8 Å². The maximum absolute atomic E-state index is 14.2. The smallest absolute Gasteiger partial charge is 0.407 e. The van der Waals surface area contributed by atoms with Crippen molar-refractivity contribution in [3.05, 3.63) is 48.0 Å². The Morgan fingerprint density at radius 3 is 2.55 bits per heavy atom. The van der Waals surface area contributed by atoms with E-state index in [9.17, 15) is 9.59 Å². The Kier molecular flexibility index (Phi) is 7.46. The molecule has 2 bridgehead atoms. The molecule has 2 saturated carbocycles. The van der Waals surface area contributed by atoms with Gasteiger partial charge in [-0.1, -0.05) is 18.2 Å². The van der Waals surface area contributed by atoms with Gasteiger partial charge in [0.1, 0.15) is 16.9 Å². The molecule has 2 aliphatic carbocycles. The number of nitrogens with zero attached hydrogens (tertiary/aromatic N) is 4. The van der Waals surface area contributed by atoms with E-state index in [2.05, 4.69) is 50.1 Å². The summed E-state index contributed by atoms with van der Waals surface area (Å²) in [6.07, 6.45) is 5.06. The summed E-state index contributed by atoms with van der Waals surface area (Å²) in [6.45, 7) is 9.98. The molecule has 0 spiro atoms. The number of carbonyl (C=O) groups excluding carboxylic acids is 2. The number of imidazole rings is 1. The van der Waals surface area contributed by atoms with Crippen molar-refractivity contribution in [2.24, 2.45) is 17.8 Å². The fourth-order valence-corrected chi connectivity index (χ4v) is 8.22. The summed E-state index contributed by atoms with van der Waals surface area (Å²) in [5, 5.41) is 7.82. The maximum Gasteiger partial charge on any atom is 0.407 e. The molecule has 2 aromatic carbocycles. The van der Waals surface area contributed by atoms with Gasteiger partial charge < -0.3 is 34.1 Å². The fraction of sp³-hybridized carbons (Fsp3) is 0.541. The van der Waals surface area contributed by atoms with E-state index in [0.717, 1.165) is 68.0 Å². The first-order valence-electron chi connectivity index (χ1n) is 17.3. The second kappa shape index (κ2) is 11.6. The van der Waals surface area contributed by atoms with E-state index in [4.69, 9.17) is 14.5 Å². The molecule has 10 nitrogen and oxygen atoms in total. The molecular weight excluding hydrogens is 592 g/mol. The zero-order valence-electron chi connectivity index (χ0n) is 27.9. The van der Waals surface area contributed by atoms with Crippen molar-refractivity contribution in [1.82, 2.24) is 29.7 Å². The van der Waals surface area contributed by atoms with Gasteiger partial charge in [-0.2, -0.15) is 0 Å². The normalized spacial score (nSPS) is 24.0. The molecule has 4 fully saturated rings. The van der Waals surface area contributed by atoms with E-state index >= 15 is 0 Å². The first-order valence-corrected chi connectivity index (χ1v) is 17.3. The second-order valence-electron chi connectivity index (χ2n) is 15.1. The molecule has 248 valence electrons. The number of likely N-dealkylation sites (tertiary alicyclic amines) is 1. The van der Waals surface area contributed by atoms with Crippen LogP contribution in [0.5, 0.6) is 5.75 Å². The van der Waals surface area contributed by atoms with Crippen LogP contribution in [0.2, 0.25) is 0 Å². The Labute approximate surface area is 275 Å². The van der Waals surface area contributed by atoms with Gasteiger partial charge in [0.2, 0.25) is 0 Å². The average molecular weight is 639 g/mol. The lowest BCUT2D eigenvalue weighted by Gasteiger charge is -2.28. The molecule has 4 heterocycles. The maximum atomic E-state index is 14.2. The summed E-state index contributed by atoms with van der Waals surface area (Å²) in [7, 11) is 1.68. The highest BCUT2D eigenvalue weighted by Gasteiger charge is 2.50. The van der Waals surface area contributed by atoms with Crippen LogP contribution in [0, 0.1) is 17.8 Å². The fourth-order valence-electron chi connectivity index (χ4n) is 8.22. The van der Waals surface area contributed by atoms with Crippen LogP contribution in [0.3, 0.4) is 0 Å². The van der Waals surface area contributed by atoms with E-state index in [1.165, 1.54) is 23.7 Å². The number of benzene rings is 2. The highest BCUT2D eigenvalue weighted by molar-refractivity contribution is 6.00. The van der Waals surface area contributed by atoms with Crippen molar-refractivity contribution in [2.75, 3.05) is 26.7 Å². The number of carbonyl (C=O) groups is 2. The lowest BCUT2D eigenvalue weighted by atomic mass is 10.1. The molecule has 2 N–H and O–H groups in total. The van der Waals surface area contributed by atoms with Crippen molar-refractivity contribution < 1.29 is 19.1 Å². The molecule has 2 aliphatic heterocycles. The topological polar surface area (TPSA) is 103 Å². The summed E-state index contributed by atoms with van der Waals surface area (Å²) < 4.78 is 16.4. The van der Waals surface area contributed by atoms with Crippen molar-refractivity contribution >= 4 is 33.9 Å². The van der Waals surface area contributed by atoms with Crippen LogP contribution >= 0.6 is 0 Å². The van der Waals surface area contributed by atoms with Crippen LogP contribution in [0.4, 0.5) is 4.79 Å². The summed E-state index contributed by atoms with van der Waals surface area (Å²) >= 11 is 0. The van der Waals surface area contributed by atoms with Crippen LogP contribution in [0.15, 0.2) is 42.5 Å². The minimum atomic E-state index is -0.577. The molecule has 4 aliphatic rings. The molecule has 10 heteroatoms. The van der Waals surface area contributed by atoms with E-state index in [-0.39, 0.29) is 23.9 Å². The van der Waals surface area contributed by atoms with Crippen molar-refractivity contribution in [3.63, 3.8) is 0 Å². The number of methoxy groups -OCH3 is 1. The number of alkyl carbamates (subject to hydrolysis) is 1. The number of para-hydroxylation sites is 1. The summed E-state index contributed by atoms with van der Waals surface area (Å²) in [5.74, 6) is 2.92. The molecule has 4 atom stereocenters. The second-order valence-corrected chi connectivity index (χ2v) is 15.1. The van der Waals surface area contributed by atoms with Gasteiger partial charge in [0.05, 0.1) is 30.4 Å². The number of piperidine rings is 1. The average Bonchev–Trinajstić information content (AvgIpc) is 3.42. The molecule has 2 saturated heterocycles. The molecule has 2 unspecified atom stereocenters. The highest BCUT2D eigenvalue weighted by atomic mass is 16.6. The molecule has 47 heavy (non-hydrogen) atoms. The Morgan fingerprint density at radius 2 is 1.81 bits per heavy atom. The van der Waals surface area contributed by atoms with E-state index in [1.54, 1.807) is 7.11 Å². The van der Waals surface area contributed by atoms with Gasteiger partial charge in [-0.25, -0.2) is 9.78 Å². The van der Waals surface area contributed by atoms with Gasteiger partial charge in [0.15, 0.2) is 5.82 Å². The molecule has 2 amide bonds. The Bertz CT molecular complexity index is 1840. The zero-order chi connectivity index (χ0) is 32.4. The summed E-state index contributed by atoms with van der Waals surface area (Å²) in [5.41, 5.74) is 4.04. The van der Waals surface area contributed by atoms with Crippen LogP contribution in [-0.4, -0.2) is 75.4 Å². The zero-order valence-corrected chi connectivity index (χ0v) is 27.9. The van der Waals surface area contributed by atoms with E-state index in [0.29, 0.717) is 29.7 Å². The van der Waals surface area contributed by atoms with Gasteiger partial charge in [-0.15, -0.1) is 0 Å². The minimum absolute atomic E-state index is 0.0488. The Balaban J connectivity index is 1.18. The number of aromatic nitrogens is 3. The largest absolute Gasteiger partial charge is 0.494 e. The third kappa shape index (κ3) is 5.64. The number of ether oxygens (including phenoxy) is 2. The van der Waals surface area contributed by atoms with Crippen LogP contribution < -0.4 is 15.4 Å². The number of fused-ring (bicyclic) bond motifs is 4. The van der Waals surface area contributed by atoms with Gasteiger partial charge >= 0.3 is 6.09 Å². The Morgan fingerprint density at radius 1 is 1.00 bits per heavy atom. The lowest BCUT2D eigenvalue weighted by molar-refractivity contribution is 0.0485. The monoisotopic (exact) mass is 638 g/mol. The predicted octanol–water partition coefficient (Wildman–Crippen LogP) is 5.81. The molecule has 8 rings (SSSR count). The number of nitrogens with one attached hydrogen (secondary N) is 2. The molecule has 4 aromatic rings. The third-order valence-corrected chi connectivity index (χ3v) is 10.6. The summed E-state index contributed by atoms with van der Waals surface area (Å²) in [4.78, 5) is 34.1.